The number of furan rings is 1. The van der Waals surface area contributed by atoms with E-state index in [0.717, 1.165) is 15.7 Å². The van der Waals surface area contributed by atoms with E-state index in [1.165, 1.54) is 0 Å². The van der Waals surface area contributed by atoms with Gasteiger partial charge in [-0.05, 0) is 28.1 Å². The molecule has 66 valence electrons. The first-order valence-corrected chi connectivity index (χ1v) is 4.50. The number of rotatable bonds is 1. The molecule has 0 aliphatic rings. The van der Waals surface area contributed by atoms with E-state index in [1.54, 1.807) is 24.8 Å². The molecule has 4 heteroatoms. The molecule has 0 unspecified atom stereocenters. The zero-order valence-corrected chi connectivity index (χ0v) is 8.28. The molecule has 2 N–H and O–H groups in total. The number of hydrogen-bond donors (Lipinski definition) is 1. The topological polar surface area (TPSA) is 52.0 Å². The summed E-state index contributed by atoms with van der Waals surface area (Å²) in [4.78, 5) is 4.19. The Balaban J connectivity index is 2.49. The second kappa shape index (κ2) is 3.22. The molecule has 0 bridgehead atoms. The number of anilines is 1. The summed E-state index contributed by atoms with van der Waals surface area (Å²) in [6, 6.07) is 3.64. The molecular weight excluding hydrogens is 232 g/mol. The highest BCUT2D eigenvalue weighted by atomic mass is 79.9. The van der Waals surface area contributed by atoms with E-state index < -0.39 is 0 Å². The lowest BCUT2D eigenvalue weighted by molar-refractivity contribution is 0.568. The van der Waals surface area contributed by atoms with Gasteiger partial charge in [-0.3, -0.25) is 4.98 Å². The van der Waals surface area contributed by atoms with Crippen molar-refractivity contribution in [3.63, 3.8) is 0 Å². The number of nitrogens with zero attached hydrogens (tertiary/aromatic N) is 1. The van der Waals surface area contributed by atoms with Crippen LogP contribution in [0.1, 0.15) is 0 Å². The van der Waals surface area contributed by atoms with Gasteiger partial charge in [0.15, 0.2) is 0 Å². The molecule has 2 heterocycles. The summed E-state index contributed by atoms with van der Waals surface area (Å²) < 4.78 is 5.75. The maximum atomic E-state index is 5.71. The maximum absolute atomic E-state index is 5.71. The summed E-state index contributed by atoms with van der Waals surface area (Å²) in [6.07, 6.45) is 4.92. The molecule has 0 saturated heterocycles. The van der Waals surface area contributed by atoms with Gasteiger partial charge < -0.3 is 10.2 Å². The number of nitrogens with two attached hydrogens (primary N) is 1. The molecule has 2 rings (SSSR count). The maximum Gasteiger partial charge on any atom is 0.0996 e. The SMILES string of the molecule is Nc1cc(-c2ccoc2)ncc1Br. The van der Waals surface area contributed by atoms with Gasteiger partial charge in [0.2, 0.25) is 0 Å². The minimum atomic E-state index is 0.672. The first-order chi connectivity index (χ1) is 6.27. The van der Waals surface area contributed by atoms with E-state index in [0.29, 0.717) is 5.69 Å². The van der Waals surface area contributed by atoms with E-state index in [-0.39, 0.29) is 0 Å². The monoisotopic (exact) mass is 238 g/mol. The first kappa shape index (κ1) is 8.31. The van der Waals surface area contributed by atoms with Crippen LogP contribution in [0, 0.1) is 0 Å². The van der Waals surface area contributed by atoms with Gasteiger partial charge >= 0.3 is 0 Å². The summed E-state index contributed by atoms with van der Waals surface area (Å²) in [5.74, 6) is 0. The van der Waals surface area contributed by atoms with Gasteiger partial charge in [0.05, 0.1) is 22.7 Å². The van der Waals surface area contributed by atoms with Crippen LogP contribution in [0.15, 0.2) is 39.7 Å². The van der Waals surface area contributed by atoms with Crippen molar-refractivity contribution in [2.75, 3.05) is 5.73 Å². The molecule has 2 aromatic heterocycles. The van der Waals surface area contributed by atoms with Crippen LogP contribution in [-0.2, 0) is 0 Å². The van der Waals surface area contributed by atoms with Crippen molar-refractivity contribution < 1.29 is 4.42 Å². The van der Waals surface area contributed by atoms with Gasteiger partial charge in [-0.15, -0.1) is 0 Å². The molecule has 0 saturated carbocycles. The van der Waals surface area contributed by atoms with E-state index in [9.17, 15) is 0 Å². The fourth-order valence-electron chi connectivity index (χ4n) is 1.02. The lowest BCUT2D eigenvalue weighted by Gasteiger charge is -1.99. The Morgan fingerprint density at radius 2 is 2.31 bits per heavy atom. The lowest BCUT2D eigenvalue weighted by Crippen LogP contribution is -1.89. The second-order valence-electron chi connectivity index (χ2n) is 2.60. The fourth-order valence-corrected chi connectivity index (χ4v) is 1.24. The molecule has 0 aliphatic carbocycles. The summed E-state index contributed by atoms with van der Waals surface area (Å²) in [6.45, 7) is 0. The van der Waals surface area contributed by atoms with Crippen LogP contribution in [0.5, 0.6) is 0 Å². The molecule has 0 aromatic carbocycles. The molecule has 0 spiro atoms. The van der Waals surface area contributed by atoms with Gasteiger partial charge in [0.25, 0.3) is 0 Å². The Morgan fingerprint density at radius 3 is 2.92 bits per heavy atom. The number of halogens is 1. The van der Waals surface area contributed by atoms with Gasteiger partial charge in [0.1, 0.15) is 0 Å². The predicted octanol–water partition coefficient (Wildman–Crippen LogP) is 2.69. The number of pyridine rings is 1. The molecule has 0 amide bonds. The average molecular weight is 239 g/mol. The van der Waals surface area contributed by atoms with E-state index >= 15 is 0 Å². The predicted molar refractivity (Wildman–Crippen MR) is 54.1 cm³/mol. The quantitative estimate of drug-likeness (QED) is 0.832. The number of hydrogen-bond acceptors (Lipinski definition) is 3. The van der Waals surface area contributed by atoms with Crippen molar-refractivity contribution in [1.82, 2.24) is 4.98 Å². The van der Waals surface area contributed by atoms with E-state index in [4.69, 9.17) is 10.2 Å². The third-order valence-electron chi connectivity index (χ3n) is 1.70. The highest BCUT2D eigenvalue weighted by molar-refractivity contribution is 9.10. The normalized spacial score (nSPS) is 10.2. The Kier molecular flexibility index (Phi) is 2.06. The molecular formula is C9H7BrN2O. The molecule has 2 aromatic rings. The van der Waals surface area contributed by atoms with Crippen molar-refractivity contribution in [3.8, 4) is 11.3 Å². The molecule has 3 nitrogen and oxygen atoms in total. The van der Waals surface area contributed by atoms with E-state index in [1.807, 2.05) is 6.07 Å². The third-order valence-corrected chi connectivity index (χ3v) is 2.36. The van der Waals surface area contributed by atoms with E-state index in [2.05, 4.69) is 20.9 Å². The summed E-state index contributed by atoms with van der Waals surface area (Å²) in [5, 5.41) is 0. The van der Waals surface area contributed by atoms with Crippen LogP contribution >= 0.6 is 15.9 Å². The lowest BCUT2D eigenvalue weighted by atomic mass is 10.2. The van der Waals surface area contributed by atoms with Crippen LogP contribution in [0.25, 0.3) is 11.3 Å². The zero-order chi connectivity index (χ0) is 9.26. The van der Waals surface area contributed by atoms with Crippen LogP contribution in [-0.4, -0.2) is 4.98 Å². The summed E-state index contributed by atoms with van der Waals surface area (Å²) in [7, 11) is 0. The zero-order valence-electron chi connectivity index (χ0n) is 6.70. The average Bonchev–Trinajstić information content (AvgIpc) is 2.62. The molecule has 0 radical (unpaired) electrons. The van der Waals surface area contributed by atoms with Crippen LogP contribution in [0.3, 0.4) is 0 Å². The molecule has 0 fully saturated rings. The second-order valence-corrected chi connectivity index (χ2v) is 3.46. The smallest absolute Gasteiger partial charge is 0.0996 e. The standard InChI is InChI=1S/C9H7BrN2O/c10-7-4-12-9(3-8(7)11)6-1-2-13-5-6/h1-5H,(H2,11,12). The Labute approximate surface area is 83.7 Å². The van der Waals surface area contributed by atoms with Crippen LogP contribution in [0.4, 0.5) is 5.69 Å². The van der Waals surface area contributed by atoms with Crippen LogP contribution in [0.2, 0.25) is 0 Å². The minimum Gasteiger partial charge on any atom is -0.472 e. The highest BCUT2D eigenvalue weighted by Crippen LogP contribution is 2.24. The molecule has 0 atom stereocenters. The minimum absolute atomic E-state index is 0.672. The Bertz CT molecular complexity index is 412. The highest BCUT2D eigenvalue weighted by Gasteiger charge is 2.02. The molecule has 13 heavy (non-hydrogen) atoms. The van der Waals surface area contributed by atoms with Gasteiger partial charge in [-0.25, -0.2) is 0 Å². The Morgan fingerprint density at radius 1 is 1.46 bits per heavy atom. The van der Waals surface area contributed by atoms with Crippen molar-refractivity contribution in [1.29, 1.82) is 0 Å². The third kappa shape index (κ3) is 1.58. The van der Waals surface area contributed by atoms with Gasteiger partial charge in [-0.2, -0.15) is 0 Å². The number of nitrogen functional groups attached to an aromatic ring is 1. The first-order valence-electron chi connectivity index (χ1n) is 3.71. The van der Waals surface area contributed by atoms with Crippen LogP contribution < -0.4 is 5.73 Å². The van der Waals surface area contributed by atoms with Crippen molar-refractivity contribution >= 4 is 21.6 Å². The van der Waals surface area contributed by atoms with Crippen molar-refractivity contribution in [2.24, 2.45) is 0 Å². The van der Waals surface area contributed by atoms with Crippen molar-refractivity contribution in [3.05, 3.63) is 35.3 Å². The Hall–Kier alpha value is -1.29. The summed E-state index contributed by atoms with van der Waals surface area (Å²) in [5.41, 5.74) is 8.13. The largest absolute Gasteiger partial charge is 0.472 e. The number of aromatic nitrogens is 1. The van der Waals surface area contributed by atoms with Gasteiger partial charge in [0, 0.05) is 17.4 Å². The fraction of sp³-hybridized carbons (Fsp3) is 0. The summed E-state index contributed by atoms with van der Waals surface area (Å²) >= 11 is 3.28. The van der Waals surface area contributed by atoms with Gasteiger partial charge in [-0.1, -0.05) is 0 Å². The van der Waals surface area contributed by atoms with Crippen molar-refractivity contribution in [2.45, 2.75) is 0 Å². The molecule has 0 aliphatic heterocycles.